The lowest BCUT2D eigenvalue weighted by atomic mass is 9.55. The summed E-state index contributed by atoms with van der Waals surface area (Å²) >= 11 is 0. The van der Waals surface area contributed by atoms with E-state index in [0.29, 0.717) is 0 Å². The first-order valence-electron chi connectivity index (χ1n) is 7.60. The first kappa shape index (κ1) is 15.8. The van der Waals surface area contributed by atoms with Crippen molar-refractivity contribution in [3.63, 3.8) is 0 Å². The van der Waals surface area contributed by atoms with Gasteiger partial charge in [-0.05, 0) is 37.6 Å². The molecule has 0 aromatic heterocycles. The normalized spacial score (nSPS) is 13.7. The molecular formula is C18H23BO2. The van der Waals surface area contributed by atoms with Crippen molar-refractivity contribution >= 4 is 17.8 Å². The first-order chi connectivity index (χ1) is 10.2. The van der Waals surface area contributed by atoms with Gasteiger partial charge in [-0.3, -0.25) is 0 Å². The predicted octanol–water partition coefficient (Wildman–Crippen LogP) is 2.36. The van der Waals surface area contributed by atoms with E-state index in [1.807, 2.05) is 43.3 Å². The molecule has 0 aliphatic heterocycles. The summed E-state index contributed by atoms with van der Waals surface area (Å²) in [7, 11) is 0. The molecule has 0 fully saturated rings. The van der Waals surface area contributed by atoms with Crippen LogP contribution in [0, 0.1) is 0 Å². The molecule has 2 atom stereocenters. The van der Waals surface area contributed by atoms with Crippen molar-refractivity contribution in [3.8, 4) is 0 Å². The van der Waals surface area contributed by atoms with Crippen molar-refractivity contribution in [1.29, 1.82) is 0 Å². The average molecular weight is 282 g/mol. The maximum Gasteiger partial charge on any atom is 0.361 e. The van der Waals surface area contributed by atoms with Crippen molar-refractivity contribution in [1.82, 2.24) is 0 Å². The Labute approximate surface area is 127 Å². The van der Waals surface area contributed by atoms with Crippen LogP contribution in [0.3, 0.4) is 0 Å². The van der Waals surface area contributed by atoms with E-state index in [0.717, 1.165) is 23.8 Å². The molecule has 110 valence electrons. The molecule has 0 amide bonds. The fraction of sp³-hybridized carbons (Fsp3) is 0.333. The monoisotopic (exact) mass is 282 g/mol. The minimum absolute atomic E-state index is 0.0589. The van der Waals surface area contributed by atoms with E-state index in [4.69, 9.17) is 4.65 Å². The van der Waals surface area contributed by atoms with E-state index in [-0.39, 0.29) is 19.1 Å². The molecule has 3 heteroatoms. The van der Waals surface area contributed by atoms with Gasteiger partial charge < -0.3 is 9.76 Å². The number of hydrogen-bond donors (Lipinski definition) is 1. The molecule has 0 heterocycles. The third-order valence-electron chi connectivity index (χ3n) is 3.56. The largest absolute Gasteiger partial charge is 0.424 e. The second-order valence-electron chi connectivity index (χ2n) is 5.57. The predicted molar refractivity (Wildman–Crippen MR) is 89.4 cm³/mol. The van der Waals surface area contributed by atoms with Crippen molar-refractivity contribution < 1.29 is 9.76 Å². The molecule has 2 aromatic rings. The second-order valence-corrected chi connectivity index (χ2v) is 5.57. The van der Waals surface area contributed by atoms with E-state index < -0.39 is 0 Å². The van der Waals surface area contributed by atoms with Gasteiger partial charge in [0.1, 0.15) is 0 Å². The van der Waals surface area contributed by atoms with E-state index >= 15 is 0 Å². The fourth-order valence-corrected chi connectivity index (χ4v) is 2.38. The summed E-state index contributed by atoms with van der Waals surface area (Å²) in [5.74, 6) is 0. The SMILES string of the molecule is CC(O)CCC(C)OB(c1ccccc1)c1ccccc1. The van der Waals surface area contributed by atoms with Crippen LogP contribution in [-0.2, 0) is 4.65 Å². The quantitative estimate of drug-likeness (QED) is 0.790. The highest BCUT2D eigenvalue weighted by atomic mass is 16.4. The highest BCUT2D eigenvalue weighted by molar-refractivity contribution is 6.80. The van der Waals surface area contributed by atoms with Gasteiger partial charge in [0.05, 0.1) is 6.10 Å². The van der Waals surface area contributed by atoms with E-state index in [2.05, 4.69) is 31.2 Å². The Morgan fingerprint density at radius 3 is 1.76 bits per heavy atom. The second kappa shape index (κ2) is 8.01. The van der Waals surface area contributed by atoms with Crippen molar-refractivity contribution in [2.45, 2.75) is 38.9 Å². The fourth-order valence-electron chi connectivity index (χ4n) is 2.38. The zero-order valence-corrected chi connectivity index (χ0v) is 12.8. The molecule has 2 nitrogen and oxygen atoms in total. The summed E-state index contributed by atoms with van der Waals surface area (Å²) in [4.78, 5) is 0. The zero-order chi connectivity index (χ0) is 15.1. The third kappa shape index (κ3) is 5.03. The van der Waals surface area contributed by atoms with Crippen LogP contribution >= 0.6 is 0 Å². The molecule has 0 bridgehead atoms. The van der Waals surface area contributed by atoms with Crippen LogP contribution in [0.5, 0.6) is 0 Å². The molecule has 0 radical (unpaired) electrons. The van der Waals surface area contributed by atoms with Crippen molar-refractivity contribution in [3.05, 3.63) is 60.7 Å². The molecule has 2 unspecified atom stereocenters. The Balaban J connectivity index is 2.13. The lowest BCUT2D eigenvalue weighted by Crippen LogP contribution is -2.46. The molecule has 0 spiro atoms. The Kier molecular flexibility index (Phi) is 6.03. The van der Waals surface area contributed by atoms with Crippen LogP contribution in [0.1, 0.15) is 26.7 Å². The Morgan fingerprint density at radius 1 is 0.857 bits per heavy atom. The lowest BCUT2D eigenvalue weighted by Gasteiger charge is -2.21. The number of rotatable bonds is 7. The zero-order valence-electron chi connectivity index (χ0n) is 12.8. The minimum atomic E-state index is -0.275. The van der Waals surface area contributed by atoms with Gasteiger partial charge in [-0.15, -0.1) is 0 Å². The average Bonchev–Trinajstić information content (AvgIpc) is 2.52. The highest BCUT2D eigenvalue weighted by Gasteiger charge is 2.23. The Morgan fingerprint density at radius 2 is 1.33 bits per heavy atom. The van der Waals surface area contributed by atoms with Crippen LogP contribution in [0.4, 0.5) is 0 Å². The lowest BCUT2D eigenvalue weighted by molar-refractivity contribution is 0.147. The first-order valence-corrected chi connectivity index (χ1v) is 7.60. The van der Waals surface area contributed by atoms with Crippen LogP contribution < -0.4 is 10.9 Å². The molecule has 1 N–H and O–H groups in total. The standard InChI is InChI=1S/C18H23BO2/c1-15(20)13-14-16(2)21-19(17-9-5-3-6-10-17)18-11-7-4-8-12-18/h3-12,15-16,20H,13-14H2,1-2H3. The topological polar surface area (TPSA) is 29.5 Å². The third-order valence-corrected chi connectivity index (χ3v) is 3.56. The smallest absolute Gasteiger partial charge is 0.361 e. The van der Waals surface area contributed by atoms with Crippen molar-refractivity contribution in [2.24, 2.45) is 0 Å². The maximum absolute atomic E-state index is 9.41. The summed E-state index contributed by atoms with van der Waals surface area (Å²) < 4.78 is 6.26. The summed E-state index contributed by atoms with van der Waals surface area (Å²) in [6.45, 7) is 3.83. The molecule has 21 heavy (non-hydrogen) atoms. The molecule has 0 aliphatic rings. The molecule has 2 aromatic carbocycles. The van der Waals surface area contributed by atoms with Crippen LogP contribution in [0.25, 0.3) is 0 Å². The van der Waals surface area contributed by atoms with Gasteiger partial charge in [-0.1, -0.05) is 60.7 Å². The van der Waals surface area contributed by atoms with Crippen LogP contribution in [0.2, 0.25) is 0 Å². The molecular weight excluding hydrogens is 259 g/mol. The molecule has 0 saturated heterocycles. The van der Waals surface area contributed by atoms with Crippen LogP contribution in [0.15, 0.2) is 60.7 Å². The van der Waals surface area contributed by atoms with Gasteiger partial charge in [0, 0.05) is 6.10 Å². The van der Waals surface area contributed by atoms with Crippen molar-refractivity contribution in [2.75, 3.05) is 0 Å². The highest BCUT2D eigenvalue weighted by Crippen LogP contribution is 2.07. The number of benzene rings is 2. The summed E-state index contributed by atoms with van der Waals surface area (Å²) in [6, 6.07) is 20.6. The number of aliphatic hydroxyl groups is 1. The van der Waals surface area contributed by atoms with Gasteiger partial charge in [0.2, 0.25) is 0 Å². The maximum atomic E-state index is 9.41. The Bertz CT molecular complexity index is 474. The van der Waals surface area contributed by atoms with Gasteiger partial charge in [-0.2, -0.15) is 0 Å². The number of aliphatic hydroxyl groups excluding tert-OH is 1. The Hall–Kier alpha value is -1.58. The van der Waals surface area contributed by atoms with E-state index in [9.17, 15) is 5.11 Å². The van der Waals surface area contributed by atoms with E-state index in [1.54, 1.807) is 0 Å². The van der Waals surface area contributed by atoms with Crippen LogP contribution in [-0.4, -0.2) is 24.2 Å². The number of hydrogen-bond acceptors (Lipinski definition) is 2. The van der Waals surface area contributed by atoms with Gasteiger partial charge in [-0.25, -0.2) is 0 Å². The van der Waals surface area contributed by atoms with E-state index in [1.165, 1.54) is 0 Å². The summed E-state index contributed by atoms with van der Waals surface area (Å²) in [6.07, 6.45) is 1.44. The minimum Gasteiger partial charge on any atom is -0.424 e. The molecule has 0 saturated carbocycles. The van der Waals surface area contributed by atoms with Gasteiger partial charge >= 0.3 is 6.92 Å². The van der Waals surface area contributed by atoms with Gasteiger partial charge in [0.25, 0.3) is 0 Å². The molecule has 2 rings (SSSR count). The summed E-state index contributed by atoms with van der Waals surface area (Å²) in [5, 5.41) is 9.41. The summed E-state index contributed by atoms with van der Waals surface area (Å²) in [5.41, 5.74) is 2.32. The molecule has 0 aliphatic carbocycles. The van der Waals surface area contributed by atoms with Gasteiger partial charge in [0.15, 0.2) is 0 Å².